The highest BCUT2D eigenvalue weighted by molar-refractivity contribution is 5.68. The molecule has 0 amide bonds. The molecule has 0 spiro atoms. The molecular weight excluding hydrogens is 202 g/mol. The van der Waals surface area contributed by atoms with Crippen LogP contribution in [0.4, 0.5) is 5.69 Å². The third-order valence-electron chi connectivity index (χ3n) is 2.47. The smallest absolute Gasteiger partial charge is 0.249 e. The van der Waals surface area contributed by atoms with Crippen LogP contribution in [-0.2, 0) is 6.42 Å². The van der Waals surface area contributed by atoms with Gasteiger partial charge in [-0.25, -0.2) is 0 Å². The molecule has 2 aromatic rings. The fourth-order valence-electron chi connectivity index (χ4n) is 1.52. The first-order valence-corrected chi connectivity index (χ1v) is 4.99. The Labute approximate surface area is 92.5 Å². The number of hydrogen-bond donors (Lipinski definition) is 1. The molecule has 2 rings (SSSR count). The van der Waals surface area contributed by atoms with Crippen molar-refractivity contribution in [2.24, 2.45) is 0 Å². The Hall–Kier alpha value is -2.16. The first kappa shape index (κ1) is 10.4. The molecule has 0 atom stereocenters. The molecule has 0 aliphatic rings. The summed E-state index contributed by atoms with van der Waals surface area (Å²) in [6.07, 6.45) is 4.17. The molecule has 0 aliphatic heterocycles. The first-order chi connectivity index (χ1) is 7.70. The van der Waals surface area contributed by atoms with Crippen molar-refractivity contribution >= 4 is 11.8 Å². The molecule has 80 valence electrons. The van der Waals surface area contributed by atoms with Crippen LogP contribution in [0.2, 0.25) is 0 Å². The second kappa shape index (κ2) is 4.14. The summed E-state index contributed by atoms with van der Waals surface area (Å²) in [7, 11) is 0. The Balaban J connectivity index is 2.08. The minimum absolute atomic E-state index is 0.0781. The molecule has 16 heavy (non-hydrogen) atoms. The van der Waals surface area contributed by atoms with Crippen molar-refractivity contribution in [3.63, 3.8) is 0 Å². The number of allylic oxidation sites excluding steroid dienone is 1. The van der Waals surface area contributed by atoms with E-state index in [9.17, 15) is 9.59 Å². The molecule has 3 heteroatoms. The molecule has 0 saturated heterocycles. The van der Waals surface area contributed by atoms with Crippen molar-refractivity contribution in [3.05, 3.63) is 68.0 Å². The van der Waals surface area contributed by atoms with Crippen LogP contribution in [0, 0.1) is 0 Å². The maximum Gasteiger partial charge on any atom is 0.249 e. The van der Waals surface area contributed by atoms with E-state index in [4.69, 9.17) is 5.73 Å². The average molecular weight is 213 g/mol. The molecule has 0 heterocycles. The van der Waals surface area contributed by atoms with Crippen LogP contribution in [0.1, 0.15) is 11.1 Å². The van der Waals surface area contributed by atoms with E-state index in [1.165, 1.54) is 0 Å². The largest absolute Gasteiger partial charge is 0.395 e. The van der Waals surface area contributed by atoms with Crippen LogP contribution in [0.5, 0.6) is 0 Å². The summed E-state index contributed by atoms with van der Waals surface area (Å²) in [6.45, 7) is 0. The van der Waals surface area contributed by atoms with E-state index in [0.29, 0.717) is 5.56 Å². The average Bonchev–Trinajstić information content (AvgIpc) is 2.34. The third kappa shape index (κ3) is 1.80. The molecular formula is C13H11NO2. The van der Waals surface area contributed by atoms with Gasteiger partial charge in [0.2, 0.25) is 10.9 Å². The lowest BCUT2D eigenvalue weighted by Gasteiger charge is -2.00. The summed E-state index contributed by atoms with van der Waals surface area (Å²) in [5, 5.41) is 0. The van der Waals surface area contributed by atoms with Gasteiger partial charge in [-0.3, -0.25) is 9.59 Å². The predicted molar refractivity (Wildman–Crippen MR) is 64.9 cm³/mol. The van der Waals surface area contributed by atoms with Gasteiger partial charge in [-0.15, -0.1) is 0 Å². The number of hydrogen-bond acceptors (Lipinski definition) is 3. The molecule has 0 saturated carbocycles. The van der Waals surface area contributed by atoms with Gasteiger partial charge < -0.3 is 5.73 Å². The second-order valence-electron chi connectivity index (χ2n) is 3.58. The highest BCUT2D eigenvalue weighted by atomic mass is 16.2. The Kier molecular flexibility index (Phi) is 2.68. The lowest BCUT2D eigenvalue weighted by molar-refractivity contribution is 1.27. The van der Waals surface area contributed by atoms with Crippen LogP contribution in [0.25, 0.3) is 6.08 Å². The Morgan fingerprint density at radius 2 is 1.75 bits per heavy atom. The summed E-state index contributed by atoms with van der Waals surface area (Å²) in [6, 6.07) is 9.84. The van der Waals surface area contributed by atoms with Crippen LogP contribution >= 0.6 is 0 Å². The van der Waals surface area contributed by atoms with Gasteiger partial charge in [0.15, 0.2) is 0 Å². The topological polar surface area (TPSA) is 60.2 Å². The van der Waals surface area contributed by atoms with Crippen LogP contribution in [0.15, 0.2) is 46.0 Å². The number of nitrogens with two attached hydrogens (primary N) is 1. The fourth-order valence-corrected chi connectivity index (χ4v) is 1.52. The predicted octanol–water partition coefficient (Wildman–Crippen LogP) is 1.12. The maximum absolute atomic E-state index is 11.1. The number of nitrogen functional groups attached to an aromatic ring is 1. The van der Waals surface area contributed by atoms with Crippen molar-refractivity contribution in [1.29, 1.82) is 0 Å². The third-order valence-corrected chi connectivity index (χ3v) is 2.47. The van der Waals surface area contributed by atoms with E-state index in [0.717, 1.165) is 12.0 Å². The highest BCUT2D eigenvalue weighted by Crippen LogP contribution is 2.06. The zero-order valence-electron chi connectivity index (χ0n) is 8.64. The van der Waals surface area contributed by atoms with E-state index in [1.807, 2.05) is 36.4 Å². The van der Waals surface area contributed by atoms with Gasteiger partial charge >= 0.3 is 0 Å². The highest BCUT2D eigenvalue weighted by Gasteiger charge is 2.14. The number of anilines is 1. The van der Waals surface area contributed by atoms with E-state index in [-0.39, 0.29) is 5.69 Å². The van der Waals surface area contributed by atoms with Gasteiger partial charge in [0.25, 0.3) is 0 Å². The summed E-state index contributed by atoms with van der Waals surface area (Å²) >= 11 is 0. The molecule has 0 bridgehead atoms. The molecule has 0 fully saturated rings. The minimum Gasteiger partial charge on any atom is -0.395 e. The SMILES string of the molecule is Nc1c(C=CCc2ccccc2)c(=O)c1=O. The van der Waals surface area contributed by atoms with Gasteiger partial charge in [-0.2, -0.15) is 0 Å². The van der Waals surface area contributed by atoms with Gasteiger partial charge in [0.1, 0.15) is 0 Å². The van der Waals surface area contributed by atoms with Crippen molar-refractivity contribution in [3.8, 4) is 0 Å². The van der Waals surface area contributed by atoms with Crippen molar-refractivity contribution in [2.75, 3.05) is 5.73 Å². The van der Waals surface area contributed by atoms with Gasteiger partial charge in [0, 0.05) is 0 Å². The zero-order valence-corrected chi connectivity index (χ0v) is 8.64. The molecule has 0 unspecified atom stereocenters. The normalized spacial score (nSPS) is 11.2. The van der Waals surface area contributed by atoms with E-state index in [2.05, 4.69) is 0 Å². The summed E-state index contributed by atoms with van der Waals surface area (Å²) in [4.78, 5) is 21.9. The molecule has 0 aromatic heterocycles. The van der Waals surface area contributed by atoms with Crippen LogP contribution < -0.4 is 16.6 Å². The van der Waals surface area contributed by atoms with Gasteiger partial charge in [-0.1, -0.05) is 42.5 Å². The Morgan fingerprint density at radius 3 is 2.38 bits per heavy atom. The second-order valence-corrected chi connectivity index (χ2v) is 3.58. The van der Waals surface area contributed by atoms with Crippen LogP contribution in [0.3, 0.4) is 0 Å². The Bertz CT molecular complexity index is 590. The minimum atomic E-state index is -0.570. The molecule has 3 nitrogen and oxygen atoms in total. The maximum atomic E-state index is 11.1. The van der Waals surface area contributed by atoms with E-state index < -0.39 is 10.9 Å². The molecule has 2 N–H and O–H groups in total. The summed E-state index contributed by atoms with van der Waals surface area (Å²) in [5.74, 6) is 0. The van der Waals surface area contributed by atoms with Crippen molar-refractivity contribution < 1.29 is 0 Å². The fraction of sp³-hybridized carbons (Fsp3) is 0.0769. The summed E-state index contributed by atoms with van der Waals surface area (Å²) < 4.78 is 0. The standard InChI is InChI=1S/C13H11NO2/c14-11-10(12(15)13(11)16)8-4-7-9-5-2-1-3-6-9/h1-6,8H,7,14H2. The Morgan fingerprint density at radius 1 is 1.06 bits per heavy atom. The van der Waals surface area contributed by atoms with Crippen molar-refractivity contribution in [2.45, 2.75) is 6.42 Å². The monoisotopic (exact) mass is 213 g/mol. The van der Waals surface area contributed by atoms with Crippen molar-refractivity contribution in [1.82, 2.24) is 0 Å². The molecule has 0 aliphatic carbocycles. The molecule has 0 radical (unpaired) electrons. The lowest BCUT2D eigenvalue weighted by atomic mass is 10.1. The quantitative estimate of drug-likeness (QED) is 0.777. The van der Waals surface area contributed by atoms with E-state index >= 15 is 0 Å². The van der Waals surface area contributed by atoms with Crippen LogP contribution in [-0.4, -0.2) is 0 Å². The zero-order chi connectivity index (χ0) is 11.5. The summed E-state index contributed by atoms with van der Waals surface area (Å²) in [5.41, 5.74) is 5.90. The first-order valence-electron chi connectivity index (χ1n) is 4.99. The van der Waals surface area contributed by atoms with Gasteiger partial charge in [0.05, 0.1) is 11.3 Å². The number of benzene rings is 1. The van der Waals surface area contributed by atoms with E-state index in [1.54, 1.807) is 6.08 Å². The molecule has 2 aromatic carbocycles. The number of rotatable bonds is 3. The lowest BCUT2D eigenvalue weighted by Crippen LogP contribution is -2.36. The van der Waals surface area contributed by atoms with Gasteiger partial charge in [-0.05, 0) is 12.0 Å².